The number of halogens is 4. The maximum atomic E-state index is 13.0. The van der Waals surface area contributed by atoms with Gasteiger partial charge in [-0.25, -0.2) is 12.8 Å². The highest BCUT2D eigenvalue weighted by atomic mass is 32.2. The molecular formula is C11H14F4N2O2S. The molecule has 114 valence electrons. The van der Waals surface area contributed by atoms with Crippen LogP contribution in [0.25, 0.3) is 0 Å². The fourth-order valence-corrected chi connectivity index (χ4v) is 2.59. The number of rotatable bonds is 6. The molecule has 0 saturated carbocycles. The van der Waals surface area contributed by atoms with Crippen LogP contribution in [-0.2, 0) is 16.2 Å². The van der Waals surface area contributed by atoms with E-state index in [0.29, 0.717) is 25.1 Å². The number of nitrogens with one attached hydrogen (secondary N) is 2. The number of sulfonamides is 1. The van der Waals surface area contributed by atoms with Crippen molar-refractivity contribution in [2.24, 2.45) is 0 Å². The molecule has 1 aromatic carbocycles. The first kappa shape index (κ1) is 16.7. The van der Waals surface area contributed by atoms with Crippen molar-refractivity contribution >= 4 is 15.7 Å². The summed E-state index contributed by atoms with van der Waals surface area (Å²) in [5, 5.41) is 2.75. The van der Waals surface area contributed by atoms with E-state index >= 15 is 0 Å². The fourth-order valence-electron chi connectivity index (χ4n) is 1.48. The molecule has 0 spiro atoms. The number of benzene rings is 1. The van der Waals surface area contributed by atoms with E-state index in [9.17, 15) is 26.0 Å². The molecule has 0 aliphatic carbocycles. The van der Waals surface area contributed by atoms with Crippen molar-refractivity contribution in [2.45, 2.75) is 12.6 Å². The van der Waals surface area contributed by atoms with E-state index in [-0.39, 0.29) is 11.4 Å². The highest BCUT2D eigenvalue weighted by Crippen LogP contribution is 2.33. The van der Waals surface area contributed by atoms with Crippen molar-refractivity contribution < 1.29 is 26.0 Å². The van der Waals surface area contributed by atoms with Crippen LogP contribution in [0.5, 0.6) is 0 Å². The van der Waals surface area contributed by atoms with E-state index in [4.69, 9.17) is 0 Å². The Morgan fingerprint density at radius 1 is 1.25 bits per heavy atom. The van der Waals surface area contributed by atoms with Gasteiger partial charge in [-0.15, -0.1) is 0 Å². The molecule has 0 fully saturated rings. The molecule has 0 bridgehead atoms. The zero-order valence-corrected chi connectivity index (χ0v) is 11.4. The molecule has 1 rings (SSSR count). The lowest BCUT2D eigenvalue weighted by Crippen LogP contribution is -2.20. The van der Waals surface area contributed by atoms with Gasteiger partial charge in [0.1, 0.15) is 5.82 Å². The molecule has 1 aromatic rings. The Kier molecular flexibility index (Phi) is 5.35. The minimum atomic E-state index is -4.88. The van der Waals surface area contributed by atoms with E-state index in [2.05, 4.69) is 5.32 Å². The molecule has 0 radical (unpaired) electrons. The van der Waals surface area contributed by atoms with Crippen LogP contribution in [-0.4, -0.2) is 27.8 Å². The molecular weight excluding hydrogens is 300 g/mol. The first-order valence-electron chi connectivity index (χ1n) is 5.67. The van der Waals surface area contributed by atoms with Gasteiger partial charge in [0, 0.05) is 5.69 Å². The molecule has 9 heteroatoms. The molecule has 0 amide bonds. The van der Waals surface area contributed by atoms with Gasteiger partial charge < -0.3 is 5.32 Å². The molecule has 0 saturated heterocycles. The molecule has 0 aliphatic rings. The van der Waals surface area contributed by atoms with Crippen molar-refractivity contribution in [1.82, 2.24) is 5.32 Å². The minimum absolute atomic E-state index is 0.243. The maximum Gasteiger partial charge on any atom is 0.419 e. The van der Waals surface area contributed by atoms with Gasteiger partial charge in [-0.05, 0) is 38.2 Å². The lowest BCUT2D eigenvalue weighted by molar-refractivity contribution is -0.139. The highest BCUT2D eigenvalue weighted by Gasteiger charge is 2.34. The Balaban J connectivity index is 2.88. The molecule has 0 heterocycles. The Morgan fingerprint density at radius 3 is 2.45 bits per heavy atom. The van der Waals surface area contributed by atoms with Crippen LogP contribution >= 0.6 is 0 Å². The van der Waals surface area contributed by atoms with Crippen LogP contribution in [0.4, 0.5) is 23.2 Å². The second-order valence-electron chi connectivity index (χ2n) is 4.07. The van der Waals surface area contributed by atoms with Crippen molar-refractivity contribution in [1.29, 1.82) is 0 Å². The average Bonchev–Trinajstić information content (AvgIpc) is 2.30. The fraction of sp³-hybridized carbons (Fsp3) is 0.455. The predicted octanol–water partition coefficient (Wildman–Crippen LogP) is 2.20. The van der Waals surface area contributed by atoms with Crippen LogP contribution in [0.1, 0.15) is 12.0 Å². The second-order valence-corrected chi connectivity index (χ2v) is 5.91. The third-order valence-corrected chi connectivity index (χ3v) is 3.76. The van der Waals surface area contributed by atoms with Crippen LogP contribution < -0.4 is 10.0 Å². The maximum absolute atomic E-state index is 13.0. The van der Waals surface area contributed by atoms with E-state index < -0.39 is 27.6 Å². The summed E-state index contributed by atoms with van der Waals surface area (Å²) in [6.07, 6.45) is -4.57. The van der Waals surface area contributed by atoms with Crippen LogP contribution in [0, 0.1) is 5.82 Å². The molecule has 0 unspecified atom stereocenters. The molecule has 0 aromatic heterocycles. The standard InChI is InChI=1S/C11H14F4N2O2S/c1-16-5-2-6-20(18,19)17-8-3-4-10(12)9(7-8)11(13,14)15/h3-4,7,16-17H,2,5-6H2,1H3. The SMILES string of the molecule is CNCCCS(=O)(=O)Nc1ccc(F)c(C(F)(F)F)c1. The predicted molar refractivity (Wildman–Crippen MR) is 67.4 cm³/mol. The molecule has 0 aliphatic heterocycles. The van der Waals surface area contributed by atoms with Gasteiger partial charge in [0.25, 0.3) is 0 Å². The van der Waals surface area contributed by atoms with Gasteiger partial charge in [-0.3, -0.25) is 4.72 Å². The zero-order chi connectivity index (χ0) is 15.4. The number of anilines is 1. The van der Waals surface area contributed by atoms with E-state index in [1.54, 1.807) is 7.05 Å². The Hall–Kier alpha value is -1.35. The minimum Gasteiger partial charge on any atom is -0.320 e. The topological polar surface area (TPSA) is 58.2 Å². The summed E-state index contributed by atoms with van der Waals surface area (Å²) in [5.41, 5.74) is -1.82. The van der Waals surface area contributed by atoms with E-state index in [1.807, 2.05) is 4.72 Å². The van der Waals surface area contributed by atoms with Crippen LogP contribution in [0.2, 0.25) is 0 Å². The number of alkyl halides is 3. The molecule has 2 N–H and O–H groups in total. The summed E-state index contributed by atoms with van der Waals surface area (Å²) < 4.78 is 75.7. The van der Waals surface area contributed by atoms with Gasteiger partial charge in [0.2, 0.25) is 10.0 Å². The first-order valence-corrected chi connectivity index (χ1v) is 7.33. The summed E-state index contributed by atoms with van der Waals surface area (Å²) in [4.78, 5) is 0. The quantitative estimate of drug-likeness (QED) is 0.625. The van der Waals surface area contributed by atoms with Gasteiger partial charge in [-0.1, -0.05) is 0 Å². The van der Waals surface area contributed by atoms with Gasteiger partial charge in [0.05, 0.1) is 11.3 Å². The summed E-state index contributed by atoms with van der Waals surface area (Å²) in [7, 11) is -2.11. The lowest BCUT2D eigenvalue weighted by Gasteiger charge is -2.12. The van der Waals surface area contributed by atoms with E-state index in [0.717, 1.165) is 6.07 Å². The van der Waals surface area contributed by atoms with Crippen LogP contribution in [0.15, 0.2) is 18.2 Å². The Morgan fingerprint density at radius 2 is 1.90 bits per heavy atom. The summed E-state index contributed by atoms with van der Waals surface area (Å²) in [5.74, 6) is -1.69. The van der Waals surface area contributed by atoms with Gasteiger partial charge in [0.15, 0.2) is 0 Å². The summed E-state index contributed by atoms with van der Waals surface area (Å²) >= 11 is 0. The second kappa shape index (κ2) is 6.40. The number of hydrogen-bond donors (Lipinski definition) is 2. The number of hydrogen-bond acceptors (Lipinski definition) is 3. The van der Waals surface area contributed by atoms with Crippen molar-refractivity contribution in [2.75, 3.05) is 24.1 Å². The average molecular weight is 314 g/mol. The smallest absolute Gasteiger partial charge is 0.320 e. The van der Waals surface area contributed by atoms with Crippen molar-refractivity contribution in [3.05, 3.63) is 29.6 Å². The monoisotopic (exact) mass is 314 g/mol. The normalized spacial score (nSPS) is 12.4. The van der Waals surface area contributed by atoms with Crippen LogP contribution in [0.3, 0.4) is 0 Å². The molecule has 20 heavy (non-hydrogen) atoms. The Labute approximate surface area is 114 Å². The highest BCUT2D eigenvalue weighted by molar-refractivity contribution is 7.92. The lowest BCUT2D eigenvalue weighted by atomic mass is 10.2. The first-order chi connectivity index (χ1) is 9.15. The summed E-state index contributed by atoms with van der Waals surface area (Å²) in [6.45, 7) is 0.456. The van der Waals surface area contributed by atoms with Crippen molar-refractivity contribution in [3.63, 3.8) is 0 Å². The molecule has 0 atom stereocenters. The third-order valence-electron chi connectivity index (χ3n) is 2.38. The Bertz CT molecular complexity index is 558. The summed E-state index contributed by atoms with van der Waals surface area (Å²) in [6, 6.07) is 1.96. The third kappa shape index (κ3) is 4.97. The molecule has 4 nitrogen and oxygen atoms in total. The zero-order valence-electron chi connectivity index (χ0n) is 10.6. The van der Waals surface area contributed by atoms with Crippen molar-refractivity contribution in [3.8, 4) is 0 Å². The van der Waals surface area contributed by atoms with E-state index in [1.165, 1.54) is 0 Å². The van der Waals surface area contributed by atoms with Gasteiger partial charge in [-0.2, -0.15) is 13.2 Å². The van der Waals surface area contributed by atoms with Gasteiger partial charge >= 0.3 is 6.18 Å². The largest absolute Gasteiger partial charge is 0.419 e.